The number of carbonyl (C=O) groups excluding carboxylic acids is 1. The fraction of sp³-hybridized carbons (Fsp3) is 0.944. The van der Waals surface area contributed by atoms with E-state index in [9.17, 15) is 4.79 Å². The van der Waals surface area contributed by atoms with E-state index in [-0.39, 0.29) is 17.6 Å². The van der Waals surface area contributed by atoms with Gasteiger partial charge in [-0.05, 0) is 37.8 Å². The normalized spacial score (nSPS) is 28.6. The van der Waals surface area contributed by atoms with Gasteiger partial charge in [0.2, 0.25) is 0 Å². The van der Waals surface area contributed by atoms with Crippen LogP contribution >= 0.6 is 0 Å². The number of urea groups is 1. The zero-order valence-corrected chi connectivity index (χ0v) is 15.6. The minimum atomic E-state index is 0.103. The summed E-state index contributed by atoms with van der Waals surface area (Å²) in [5.74, 6) is 1.05. The topological polar surface area (TPSA) is 44.8 Å². The Balaban J connectivity index is 1.75. The summed E-state index contributed by atoms with van der Waals surface area (Å²) >= 11 is 0. The van der Waals surface area contributed by atoms with Gasteiger partial charge >= 0.3 is 6.03 Å². The summed E-state index contributed by atoms with van der Waals surface area (Å²) in [4.78, 5) is 16.7. The quantitative estimate of drug-likeness (QED) is 0.844. The van der Waals surface area contributed by atoms with Crippen molar-refractivity contribution >= 4 is 6.03 Å². The molecule has 2 heterocycles. The number of hydrogen-bond acceptors (Lipinski definition) is 3. The Morgan fingerprint density at radius 3 is 2.74 bits per heavy atom. The number of hydrogen-bond donors (Lipinski definition) is 1. The van der Waals surface area contributed by atoms with Gasteiger partial charge in [-0.3, -0.25) is 0 Å². The van der Waals surface area contributed by atoms with E-state index in [1.54, 1.807) is 0 Å². The Morgan fingerprint density at radius 1 is 1.35 bits per heavy atom. The number of ether oxygens (including phenoxy) is 1. The summed E-state index contributed by atoms with van der Waals surface area (Å²) in [5, 5.41) is 3.15. The molecule has 5 heteroatoms. The van der Waals surface area contributed by atoms with Gasteiger partial charge in [0, 0.05) is 38.7 Å². The van der Waals surface area contributed by atoms with Crippen LogP contribution in [0.15, 0.2) is 0 Å². The van der Waals surface area contributed by atoms with Crippen LogP contribution in [0.5, 0.6) is 0 Å². The summed E-state index contributed by atoms with van der Waals surface area (Å²) in [5.41, 5.74) is 0.134. The molecule has 5 nitrogen and oxygen atoms in total. The van der Waals surface area contributed by atoms with Crippen LogP contribution in [-0.4, -0.2) is 68.3 Å². The second-order valence-electron chi connectivity index (χ2n) is 8.35. The van der Waals surface area contributed by atoms with Crippen molar-refractivity contribution in [3.63, 3.8) is 0 Å². The van der Waals surface area contributed by atoms with E-state index in [1.807, 2.05) is 4.90 Å². The van der Waals surface area contributed by atoms with Gasteiger partial charge in [0.15, 0.2) is 0 Å². The Labute approximate surface area is 141 Å². The molecule has 2 fully saturated rings. The summed E-state index contributed by atoms with van der Waals surface area (Å²) < 4.78 is 5.89. The number of amides is 2. The molecule has 2 saturated heterocycles. The summed E-state index contributed by atoms with van der Waals surface area (Å²) in [6.45, 7) is 14.3. The number of nitrogens with zero attached hydrogens (tertiary/aromatic N) is 2. The van der Waals surface area contributed by atoms with Gasteiger partial charge in [0.05, 0.1) is 6.10 Å². The molecular weight excluding hydrogens is 290 g/mol. The van der Waals surface area contributed by atoms with Crippen molar-refractivity contribution < 1.29 is 9.53 Å². The molecule has 0 bridgehead atoms. The van der Waals surface area contributed by atoms with Crippen molar-refractivity contribution in [2.45, 2.75) is 46.6 Å². The molecule has 2 rings (SSSR count). The Morgan fingerprint density at radius 2 is 2.09 bits per heavy atom. The second kappa shape index (κ2) is 7.84. The Bertz CT molecular complexity index is 394. The van der Waals surface area contributed by atoms with Gasteiger partial charge in [-0.15, -0.1) is 0 Å². The van der Waals surface area contributed by atoms with Gasteiger partial charge in [-0.2, -0.15) is 0 Å². The lowest BCUT2D eigenvalue weighted by Crippen LogP contribution is -2.44. The number of rotatable bonds is 5. The average molecular weight is 325 g/mol. The van der Waals surface area contributed by atoms with E-state index in [2.05, 4.69) is 45.0 Å². The molecule has 0 aromatic rings. The maximum atomic E-state index is 12.4. The van der Waals surface area contributed by atoms with Crippen molar-refractivity contribution in [3.05, 3.63) is 0 Å². The summed E-state index contributed by atoms with van der Waals surface area (Å²) in [6.07, 6.45) is 2.41. The molecule has 0 spiro atoms. The first kappa shape index (κ1) is 18.5. The SMILES string of the molecule is CCN(C)C[C@@H]1CCN(C(=O)NC[C@@H]2CCO[C@@H]2C(C)(C)C)C1. The highest BCUT2D eigenvalue weighted by Crippen LogP contribution is 2.34. The first-order chi connectivity index (χ1) is 10.8. The second-order valence-corrected chi connectivity index (χ2v) is 8.35. The van der Waals surface area contributed by atoms with Crippen molar-refractivity contribution in [2.75, 3.05) is 46.4 Å². The molecule has 2 aliphatic heterocycles. The lowest BCUT2D eigenvalue weighted by molar-refractivity contribution is 0.00758. The van der Waals surface area contributed by atoms with Crippen LogP contribution in [0.4, 0.5) is 4.79 Å². The van der Waals surface area contributed by atoms with E-state index in [0.29, 0.717) is 11.8 Å². The molecule has 0 saturated carbocycles. The molecule has 0 radical (unpaired) electrons. The average Bonchev–Trinajstić information content (AvgIpc) is 3.12. The molecule has 2 amide bonds. The number of likely N-dealkylation sites (tertiary alicyclic amines) is 1. The summed E-state index contributed by atoms with van der Waals surface area (Å²) in [7, 11) is 2.15. The molecular formula is C18H35N3O2. The van der Waals surface area contributed by atoms with Crippen LogP contribution in [0.2, 0.25) is 0 Å². The number of carbonyl (C=O) groups is 1. The van der Waals surface area contributed by atoms with Crippen LogP contribution in [-0.2, 0) is 4.74 Å². The first-order valence-electron chi connectivity index (χ1n) is 9.14. The molecule has 3 atom stereocenters. The van der Waals surface area contributed by atoms with Crippen molar-refractivity contribution in [3.8, 4) is 0 Å². The summed E-state index contributed by atoms with van der Waals surface area (Å²) in [6, 6.07) is 0.103. The van der Waals surface area contributed by atoms with Crippen molar-refractivity contribution in [1.82, 2.24) is 15.1 Å². The van der Waals surface area contributed by atoms with E-state index in [4.69, 9.17) is 4.74 Å². The highest BCUT2D eigenvalue weighted by atomic mass is 16.5. The predicted molar refractivity (Wildman–Crippen MR) is 93.6 cm³/mol. The van der Waals surface area contributed by atoms with Crippen LogP contribution in [0.3, 0.4) is 0 Å². The maximum Gasteiger partial charge on any atom is 0.317 e. The standard InChI is InChI=1S/C18H35N3O2/c1-6-20(5)12-14-7-9-21(13-14)17(22)19-11-15-8-10-23-16(15)18(2,3)4/h14-16H,6-13H2,1-5H3,(H,19,22)/t14-,15-,16-/m0/s1. The van der Waals surface area contributed by atoms with Gasteiger partial charge < -0.3 is 19.9 Å². The largest absolute Gasteiger partial charge is 0.377 e. The Hall–Kier alpha value is -0.810. The lowest BCUT2D eigenvalue weighted by atomic mass is 9.81. The molecule has 1 N–H and O–H groups in total. The third-order valence-electron chi connectivity index (χ3n) is 5.27. The van der Waals surface area contributed by atoms with Crippen molar-refractivity contribution in [1.29, 1.82) is 0 Å². The molecule has 2 aliphatic rings. The van der Waals surface area contributed by atoms with E-state index >= 15 is 0 Å². The van der Waals surface area contributed by atoms with Gasteiger partial charge in [0.25, 0.3) is 0 Å². The smallest absolute Gasteiger partial charge is 0.317 e. The molecule has 23 heavy (non-hydrogen) atoms. The lowest BCUT2D eigenvalue weighted by Gasteiger charge is -2.31. The molecule has 134 valence electrons. The fourth-order valence-corrected chi connectivity index (χ4v) is 3.87. The predicted octanol–water partition coefficient (Wildman–Crippen LogP) is 2.42. The van der Waals surface area contributed by atoms with E-state index in [0.717, 1.165) is 52.2 Å². The van der Waals surface area contributed by atoms with Crippen LogP contribution in [0.25, 0.3) is 0 Å². The first-order valence-corrected chi connectivity index (χ1v) is 9.14. The van der Waals surface area contributed by atoms with Crippen LogP contribution < -0.4 is 5.32 Å². The third-order valence-corrected chi connectivity index (χ3v) is 5.27. The van der Waals surface area contributed by atoms with Crippen LogP contribution in [0.1, 0.15) is 40.5 Å². The van der Waals surface area contributed by atoms with E-state index < -0.39 is 0 Å². The van der Waals surface area contributed by atoms with E-state index in [1.165, 1.54) is 0 Å². The molecule has 0 aliphatic carbocycles. The minimum Gasteiger partial charge on any atom is -0.377 e. The molecule has 0 aromatic heterocycles. The third kappa shape index (κ3) is 5.08. The zero-order valence-electron chi connectivity index (χ0n) is 15.6. The maximum absolute atomic E-state index is 12.4. The Kier molecular flexibility index (Phi) is 6.32. The molecule has 0 unspecified atom stereocenters. The van der Waals surface area contributed by atoms with Gasteiger partial charge in [-0.25, -0.2) is 4.79 Å². The number of nitrogens with one attached hydrogen (secondary N) is 1. The van der Waals surface area contributed by atoms with Gasteiger partial charge in [0.1, 0.15) is 0 Å². The fourth-order valence-electron chi connectivity index (χ4n) is 3.87. The van der Waals surface area contributed by atoms with Crippen LogP contribution in [0, 0.1) is 17.3 Å². The van der Waals surface area contributed by atoms with Crippen molar-refractivity contribution in [2.24, 2.45) is 17.3 Å². The monoisotopic (exact) mass is 325 g/mol. The van der Waals surface area contributed by atoms with Gasteiger partial charge in [-0.1, -0.05) is 27.7 Å². The zero-order chi connectivity index (χ0) is 17.0. The minimum absolute atomic E-state index is 0.103. The highest BCUT2D eigenvalue weighted by molar-refractivity contribution is 5.74. The highest BCUT2D eigenvalue weighted by Gasteiger charge is 2.37. The molecule has 0 aromatic carbocycles.